The molecule has 0 fully saturated rings. The second kappa shape index (κ2) is 11.6. The molecule has 9 nitrogen and oxygen atoms in total. The molecule has 176 valence electrons. The molecule has 0 aliphatic rings. The molecule has 4 N–H and O–H groups in total. The van der Waals surface area contributed by atoms with Gasteiger partial charge in [0.2, 0.25) is 11.8 Å². The van der Waals surface area contributed by atoms with E-state index < -0.39 is 17.8 Å². The highest BCUT2D eigenvalue weighted by molar-refractivity contribution is 6.30. The molecule has 0 saturated carbocycles. The molecule has 0 aliphatic carbocycles. The first kappa shape index (κ1) is 24.5. The number of halogens is 2. The van der Waals surface area contributed by atoms with E-state index >= 15 is 0 Å². The fourth-order valence-electron chi connectivity index (χ4n) is 2.69. The first-order valence-corrected chi connectivity index (χ1v) is 10.5. The zero-order chi connectivity index (χ0) is 24.5. The van der Waals surface area contributed by atoms with E-state index in [9.17, 15) is 14.0 Å². The van der Waals surface area contributed by atoms with Crippen molar-refractivity contribution in [3.8, 4) is 11.6 Å². The number of carboxylic acids is 1. The number of pyridine rings is 1. The standard InChI is InChI=1S/C23H21ClFN5O4/c1-2-26-23(33)30-22(27-13-14-6-8-15(24)9-7-14)28-16-10-11-19(17(25)12-16)34-20-5-3-4-18(29-20)21(31)32/h3-12H,2,13H2,1H3,(H,31,32)(H3,26,27,28,30,33). The van der Waals surface area contributed by atoms with E-state index in [0.717, 1.165) is 11.6 Å². The Morgan fingerprint density at radius 2 is 1.88 bits per heavy atom. The fourth-order valence-corrected chi connectivity index (χ4v) is 2.81. The van der Waals surface area contributed by atoms with Crippen LogP contribution in [0.5, 0.6) is 11.6 Å². The predicted octanol–water partition coefficient (Wildman–Crippen LogP) is 4.46. The molecule has 11 heteroatoms. The molecule has 3 rings (SSSR count). The van der Waals surface area contributed by atoms with Crippen LogP contribution >= 0.6 is 11.6 Å². The third-order valence-corrected chi connectivity index (χ3v) is 4.51. The van der Waals surface area contributed by atoms with Crippen molar-refractivity contribution in [1.29, 1.82) is 0 Å². The van der Waals surface area contributed by atoms with E-state index in [2.05, 4.69) is 25.9 Å². The quantitative estimate of drug-likeness (QED) is 0.289. The van der Waals surface area contributed by atoms with E-state index in [1.807, 2.05) is 12.1 Å². The molecule has 0 spiro atoms. The van der Waals surface area contributed by atoms with E-state index in [0.29, 0.717) is 18.1 Å². The van der Waals surface area contributed by atoms with Gasteiger partial charge in [-0.3, -0.25) is 5.32 Å². The van der Waals surface area contributed by atoms with Gasteiger partial charge in [0.1, 0.15) is 0 Å². The van der Waals surface area contributed by atoms with Gasteiger partial charge in [0.25, 0.3) is 0 Å². The third-order valence-electron chi connectivity index (χ3n) is 4.26. The topological polar surface area (TPSA) is 125 Å². The number of carboxylic acid groups (broad SMARTS) is 1. The van der Waals surface area contributed by atoms with Crippen LogP contribution in [0.2, 0.25) is 5.02 Å². The number of benzene rings is 2. The molecule has 2 aromatic carbocycles. The number of urea groups is 1. The van der Waals surface area contributed by atoms with E-state index in [4.69, 9.17) is 21.4 Å². The number of carbonyl (C=O) groups excluding carboxylic acids is 1. The Morgan fingerprint density at radius 3 is 2.56 bits per heavy atom. The Hall–Kier alpha value is -4.18. The summed E-state index contributed by atoms with van der Waals surface area (Å²) < 4.78 is 20.0. The maximum absolute atomic E-state index is 14.6. The van der Waals surface area contributed by atoms with Crippen LogP contribution in [0.15, 0.2) is 65.7 Å². The molecule has 0 atom stereocenters. The predicted molar refractivity (Wildman–Crippen MR) is 125 cm³/mol. The second-order valence-electron chi connectivity index (χ2n) is 6.81. The van der Waals surface area contributed by atoms with Crippen LogP contribution in [0.4, 0.5) is 14.9 Å². The van der Waals surface area contributed by atoms with Gasteiger partial charge in [0.15, 0.2) is 17.3 Å². The van der Waals surface area contributed by atoms with Crippen LogP contribution in [0, 0.1) is 5.82 Å². The average molecular weight is 486 g/mol. The van der Waals surface area contributed by atoms with Gasteiger partial charge in [0, 0.05) is 30.2 Å². The fraction of sp³-hybridized carbons (Fsp3) is 0.130. The zero-order valence-electron chi connectivity index (χ0n) is 18.0. The minimum atomic E-state index is -1.23. The van der Waals surface area contributed by atoms with Crippen molar-refractivity contribution in [2.24, 2.45) is 4.99 Å². The van der Waals surface area contributed by atoms with Crippen molar-refractivity contribution in [3.63, 3.8) is 0 Å². The molecule has 0 saturated heterocycles. The summed E-state index contributed by atoms with van der Waals surface area (Å²) in [5, 5.41) is 17.8. The number of nitrogens with zero attached hydrogens (tertiary/aromatic N) is 2. The number of aliphatic imine (C=N–C) groups is 1. The number of amides is 2. The van der Waals surface area contributed by atoms with Crippen LogP contribution in [0.3, 0.4) is 0 Å². The Bertz CT molecular complexity index is 1200. The number of carbonyl (C=O) groups is 2. The van der Waals surface area contributed by atoms with Crippen LogP contribution in [-0.4, -0.2) is 34.6 Å². The van der Waals surface area contributed by atoms with Crippen molar-refractivity contribution in [2.75, 3.05) is 6.54 Å². The molecule has 2 amide bonds. The third kappa shape index (κ3) is 7.17. The first-order valence-electron chi connectivity index (χ1n) is 10.1. The van der Waals surface area contributed by atoms with Crippen LogP contribution in [0.25, 0.3) is 0 Å². The minimum Gasteiger partial charge on any atom is -0.477 e. The summed E-state index contributed by atoms with van der Waals surface area (Å²) in [5.74, 6) is -2.11. The van der Waals surface area contributed by atoms with E-state index in [1.165, 1.54) is 30.3 Å². The first-order chi connectivity index (χ1) is 16.3. The summed E-state index contributed by atoms with van der Waals surface area (Å²) in [6.45, 7) is 2.51. The smallest absolute Gasteiger partial charge is 0.354 e. The van der Waals surface area contributed by atoms with E-state index in [1.54, 1.807) is 19.1 Å². The summed E-state index contributed by atoms with van der Waals surface area (Å²) in [6, 6.07) is 14.7. The van der Waals surface area contributed by atoms with Crippen LogP contribution in [-0.2, 0) is 6.54 Å². The lowest BCUT2D eigenvalue weighted by Crippen LogP contribution is -2.45. The second-order valence-corrected chi connectivity index (χ2v) is 7.24. The zero-order valence-corrected chi connectivity index (χ0v) is 18.8. The lowest BCUT2D eigenvalue weighted by Gasteiger charge is -2.12. The Balaban J connectivity index is 1.78. The Labute approximate surface area is 199 Å². The summed E-state index contributed by atoms with van der Waals surface area (Å²) in [4.78, 5) is 31.1. The summed E-state index contributed by atoms with van der Waals surface area (Å²) >= 11 is 5.90. The number of hydrogen-bond donors (Lipinski definition) is 4. The maximum atomic E-state index is 14.6. The largest absolute Gasteiger partial charge is 0.477 e. The number of hydrogen-bond acceptors (Lipinski definition) is 5. The number of nitrogens with one attached hydrogen (secondary N) is 3. The minimum absolute atomic E-state index is 0.0710. The molecule has 1 aromatic heterocycles. The maximum Gasteiger partial charge on any atom is 0.354 e. The summed E-state index contributed by atoms with van der Waals surface area (Å²) in [6.07, 6.45) is 0. The highest BCUT2D eigenvalue weighted by Crippen LogP contribution is 2.27. The van der Waals surface area contributed by atoms with Crippen molar-refractivity contribution in [2.45, 2.75) is 13.5 Å². The number of ether oxygens (including phenoxy) is 1. The Kier molecular flexibility index (Phi) is 8.36. The number of rotatable bonds is 7. The highest BCUT2D eigenvalue weighted by atomic mass is 35.5. The monoisotopic (exact) mass is 485 g/mol. The van der Waals surface area contributed by atoms with Crippen LogP contribution in [0.1, 0.15) is 23.0 Å². The highest BCUT2D eigenvalue weighted by Gasteiger charge is 2.11. The van der Waals surface area contributed by atoms with Gasteiger partial charge in [-0.15, -0.1) is 0 Å². The normalized spacial score (nSPS) is 11.0. The van der Waals surface area contributed by atoms with Gasteiger partial charge >= 0.3 is 12.0 Å². The van der Waals surface area contributed by atoms with Gasteiger partial charge in [0.05, 0.1) is 5.69 Å². The van der Waals surface area contributed by atoms with Gasteiger partial charge in [-0.1, -0.05) is 29.8 Å². The molecule has 3 aromatic rings. The van der Waals surface area contributed by atoms with Gasteiger partial charge in [-0.2, -0.15) is 0 Å². The molecular formula is C23H21ClFN5O4. The molecule has 1 heterocycles. The molecule has 0 bridgehead atoms. The SMILES string of the molecule is CCNC(=O)N/C(=N\c1ccc(Oc2cccc(C(=O)O)n2)c(F)c1)NCc1ccc(Cl)cc1. The summed E-state index contributed by atoms with van der Waals surface area (Å²) in [7, 11) is 0. The van der Waals surface area contributed by atoms with Gasteiger partial charge in [-0.05, 0) is 42.8 Å². The van der Waals surface area contributed by atoms with Crippen molar-refractivity contribution in [1.82, 2.24) is 20.9 Å². The van der Waals surface area contributed by atoms with Crippen molar-refractivity contribution < 1.29 is 23.8 Å². The summed E-state index contributed by atoms with van der Waals surface area (Å²) in [5.41, 5.74) is 0.861. The molecule has 0 unspecified atom stereocenters. The molecular weight excluding hydrogens is 465 g/mol. The van der Waals surface area contributed by atoms with Crippen LogP contribution < -0.4 is 20.7 Å². The molecule has 0 aliphatic heterocycles. The number of aromatic nitrogens is 1. The number of aromatic carboxylic acids is 1. The van der Waals surface area contributed by atoms with Gasteiger partial charge in [-0.25, -0.2) is 24.0 Å². The van der Waals surface area contributed by atoms with Gasteiger partial charge < -0.3 is 20.5 Å². The molecule has 34 heavy (non-hydrogen) atoms. The van der Waals surface area contributed by atoms with Crippen molar-refractivity contribution in [3.05, 3.63) is 82.8 Å². The lowest BCUT2D eigenvalue weighted by atomic mass is 10.2. The average Bonchev–Trinajstić information content (AvgIpc) is 2.80. The Morgan fingerprint density at radius 1 is 1.12 bits per heavy atom. The lowest BCUT2D eigenvalue weighted by molar-refractivity contribution is 0.0689. The molecule has 0 radical (unpaired) electrons. The van der Waals surface area contributed by atoms with Crippen molar-refractivity contribution >= 4 is 35.2 Å². The number of guanidine groups is 1. The van der Waals surface area contributed by atoms with E-state index in [-0.39, 0.29) is 29.0 Å².